The van der Waals surface area contributed by atoms with Crippen LogP contribution in [-0.4, -0.2) is 35.9 Å². The van der Waals surface area contributed by atoms with E-state index in [4.69, 9.17) is 19.9 Å². The molecule has 174 valence electrons. The summed E-state index contributed by atoms with van der Waals surface area (Å²) < 4.78 is 13.5. The number of nitrogens with zero attached hydrogens (tertiary/aromatic N) is 3. The van der Waals surface area contributed by atoms with Crippen LogP contribution in [0, 0.1) is 0 Å². The van der Waals surface area contributed by atoms with E-state index in [9.17, 15) is 4.79 Å². The van der Waals surface area contributed by atoms with Gasteiger partial charge in [-0.3, -0.25) is 9.36 Å². The SMILES string of the molecule is Cn1c(N2CCOCC2)nc2oc(-c3ccc(C4(N)CCC4)cc3)c(-c3ccccc3)c2c1=O. The van der Waals surface area contributed by atoms with Gasteiger partial charge in [-0.2, -0.15) is 4.98 Å². The largest absolute Gasteiger partial charge is 0.437 e. The van der Waals surface area contributed by atoms with Gasteiger partial charge in [0.15, 0.2) is 0 Å². The summed E-state index contributed by atoms with van der Waals surface area (Å²) in [5, 5.41) is 0.499. The van der Waals surface area contributed by atoms with Crippen molar-refractivity contribution in [3.8, 4) is 22.5 Å². The van der Waals surface area contributed by atoms with Gasteiger partial charge in [0.2, 0.25) is 11.7 Å². The Morgan fingerprint density at radius 1 is 0.971 bits per heavy atom. The van der Waals surface area contributed by atoms with Crippen LogP contribution in [0.2, 0.25) is 0 Å². The van der Waals surface area contributed by atoms with E-state index in [0.717, 1.165) is 35.1 Å². The fourth-order valence-electron chi connectivity index (χ4n) is 5.05. The van der Waals surface area contributed by atoms with Crippen LogP contribution >= 0.6 is 0 Å². The Kier molecular flexibility index (Phi) is 5.04. The van der Waals surface area contributed by atoms with Gasteiger partial charge < -0.3 is 19.8 Å². The van der Waals surface area contributed by atoms with Crippen LogP contribution in [0.4, 0.5) is 5.95 Å². The maximum absolute atomic E-state index is 13.7. The lowest BCUT2D eigenvalue weighted by atomic mass is 9.72. The van der Waals surface area contributed by atoms with Gasteiger partial charge >= 0.3 is 0 Å². The maximum atomic E-state index is 13.7. The van der Waals surface area contributed by atoms with Gasteiger partial charge in [-0.15, -0.1) is 0 Å². The molecule has 1 aliphatic carbocycles. The van der Waals surface area contributed by atoms with Crippen LogP contribution in [0.3, 0.4) is 0 Å². The number of morpholine rings is 1. The summed E-state index contributed by atoms with van der Waals surface area (Å²) in [6, 6.07) is 18.2. The molecule has 0 spiro atoms. The van der Waals surface area contributed by atoms with E-state index >= 15 is 0 Å². The molecule has 2 aliphatic rings. The zero-order valence-corrected chi connectivity index (χ0v) is 19.3. The summed E-state index contributed by atoms with van der Waals surface area (Å²) >= 11 is 0. The zero-order chi connectivity index (χ0) is 23.3. The van der Waals surface area contributed by atoms with Crippen molar-refractivity contribution in [2.75, 3.05) is 31.2 Å². The number of rotatable bonds is 4. The van der Waals surface area contributed by atoms with Crippen molar-refractivity contribution in [2.45, 2.75) is 24.8 Å². The van der Waals surface area contributed by atoms with Crippen molar-refractivity contribution < 1.29 is 9.15 Å². The number of anilines is 1. The van der Waals surface area contributed by atoms with Gasteiger partial charge in [-0.25, -0.2) is 0 Å². The minimum Gasteiger partial charge on any atom is -0.437 e. The van der Waals surface area contributed by atoms with E-state index in [1.165, 1.54) is 6.42 Å². The van der Waals surface area contributed by atoms with E-state index < -0.39 is 0 Å². The lowest BCUT2D eigenvalue weighted by Gasteiger charge is -2.38. The number of hydrogen-bond donors (Lipinski definition) is 1. The molecule has 0 amide bonds. The Morgan fingerprint density at radius 2 is 1.68 bits per heavy atom. The summed E-state index contributed by atoms with van der Waals surface area (Å²) in [5.41, 5.74) is 10.3. The molecule has 7 nitrogen and oxygen atoms in total. The minimum absolute atomic E-state index is 0.118. The van der Waals surface area contributed by atoms with Crippen molar-refractivity contribution in [3.05, 3.63) is 70.5 Å². The Morgan fingerprint density at radius 3 is 2.32 bits per heavy atom. The summed E-state index contributed by atoms with van der Waals surface area (Å²) in [7, 11) is 1.77. The van der Waals surface area contributed by atoms with Crippen LogP contribution in [0.5, 0.6) is 0 Å². The Labute approximate surface area is 197 Å². The molecular weight excluding hydrogens is 428 g/mol. The number of nitrogens with two attached hydrogens (primary N) is 1. The summed E-state index contributed by atoms with van der Waals surface area (Å²) in [4.78, 5) is 20.5. The second-order valence-electron chi connectivity index (χ2n) is 9.31. The Balaban J connectivity index is 1.55. The molecule has 4 aromatic rings. The minimum atomic E-state index is -0.223. The van der Waals surface area contributed by atoms with Crippen LogP contribution in [0.25, 0.3) is 33.6 Å². The molecule has 2 N–H and O–H groups in total. The standard InChI is InChI=1S/C27H28N4O3/c1-30-25(32)22-21(18-6-3-2-4-7-18)23(19-8-10-20(11-9-19)27(28)12-5-13-27)34-24(22)29-26(30)31-14-16-33-17-15-31/h2-4,6-11H,5,12-17,28H2,1H3. The third-order valence-electron chi connectivity index (χ3n) is 7.23. The molecule has 2 fully saturated rings. The first-order valence-corrected chi connectivity index (χ1v) is 11.9. The van der Waals surface area contributed by atoms with Crippen molar-refractivity contribution in [3.63, 3.8) is 0 Å². The van der Waals surface area contributed by atoms with Gasteiger partial charge in [-0.1, -0.05) is 54.6 Å². The molecule has 2 aromatic heterocycles. The highest BCUT2D eigenvalue weighted by molar-refractivity contribution is 6.00. The van der Waals surface area contributed by atoms with E-state index in [-0.39, 0.29) is 11.1 Å². The molecule has 0 bridgehead atoms. The molecular formula is C27H28N4O3. The van der Waals surface area contributed by atoms with E-state index in [1.807, 2.05) is 42.5 Å². The second kappa shape index (κ2) is 8.11. The molecule has 2 aromatic carbocycles. The van der Waals surface area contributed by atoms with E-state index in [2.05, 4.69) is 17.0 Å². The number of fused-ring (bicyclic) bond motifs is 1. The fraction of sp³-hybridized carbons (Fsp3) is 0.333. The predicted molar refractivity (Wildman–Crippen MR) is 133 cm³/mol. The van der Waals surface area contributed by atoms with Crippen molar-refractivity contribution >= 4 is 17.0 Å². The fourth-order valence-corrected chi connectivity index (χ4v) is 5.05. The maximum Gasteiger partial charge on any atom is 0.266 e. The number of furan rings is 1. The number of ether oxygens (including phenoxy) is 1. The average molecular weight is 457 g/mol. The molecule has 0 unspecified atom stereocenters. The molecule has 1 saturated carbocycles. The van der Waals surface area contributed by atoms with Crippen LogP contribution in [0.15, 0.2) is 63.8 Å². The van der Waals surface area contributed by atoms with Gasteiger partial charge in [0, 0.05) is 36.8 Å². The van der Waals surface area contributed by atoms with Crippen molar-refractivity contribution in [2.24, 2.45) is 12.8 Å². The first-order chi connectivity index (χ1) is 16.5. The summed E-state index contributed by atoms with van der Waals surface area (Å²) in [6.45, 7) is 2.60. The normalized spacial score (nSPS) is 17.6. The number of hydrogen-bond acceptors (Lipinski definition) is 6. The number of aromatic nitrogens is 2. The van der Waals surface area contributed by atoms with Crippen molar-refractivity contribution in [1.82, 2.24) is 9.55 Å². The summed E-state index contributed by atoms with van der Waals surface area (Å²) in [5.74, 6) is 1.25. The molecule has 3 heterocycles. The highest BCUT2D eigenvalue weighted by atomic mass is 16.5. The third-order valence-corrected chi connectivity index (χ3v) is 7.23. The number of benzene rings is 2. The zero-order valence-electron chi connectivity index (χ0n) is 19.3. The van der Waals surface area contributed by atoms with Crippen LogP contribution in [-0.2, 0) is 17.3 Å². The highest BCUT2D eigenvalue weighted by Crippen LogP contribution is 2.42. The van der Waals surface area contributed by atoms with Gasteiger partial charge in [0.05, 0.1) is 13.2 Å². The average Bonchev–Trinajstić information content (AvgIpc) is 3.25. The highest BCUT2D eigenvalue weighted by Gasteiger charge is 2.34. The monoisotopic (exact) mass is 456 g/mol. The van der Waals surface area contributed by atoms with Crippen LogP contribution in [0.1, 0.15) is 24.8 Å². The molecule has 6 rings (SSSR count). The third kappa shape index (κ3) is 3.35. The molecule has 1 aliphatic heterocycles. The van der Waals surface area contributed by atoms with Gasteiger partial charge in [0.1, 0.15) is 11.1 Å². The summed E-state index contributed by atoms with van der Waals surface area (Å²) in [6.07, 6.45) is 3.19. The molecule has 7 heteroatoms. The van der Waals surface area contributed by atoms with Crippen LogP contribution < -0.4 is 16.2 Å². The lowest BCUT2D eigenvalue weighted by Crippen LogP contribution is -2.43. The first-order valence-electron chi connectivity index (χ1n) is 11.9. The smallest absolute Gasteiger partial charge is 0.266 e. The Bertz CT molecular complexity index is 1400. The predicted octanol–water partition coefficient (Wildman–Crippen LogP) is 4.04. The molecule has 1 saturated heterocycles. The Hall–Kier alpha value is -3.42. The van der Waals surface area contributed by atoms with Gasteiger partial charge in [0.25, 0.3) is 5.56 Å². The molecule has 34 heavy (non-hydrogen) atoms. The van der Waals surface area contributed by atoms with Crippen molar-refractivity contribution in [1.29, 1.82) is 0 Å². The van der Waals surface area contributed by atoms with E-state index in [0.29, 0.717) is 49.1 Å². The quantitative estimate of drug-likeness (QED) is 0.499. The van der Waals surface area contributed by atoms with Gasteiger partial charge in [-0.05, 0) is 30.4 Å². The molecule has 0 atom stereocenters. The topological polar surface area (TPSA) is 86.5 Å². The molecule has 0 radical (unpaired) electrons. The first kappa shape index (κ1) is 21.1. The van der Waals surface area contributed by atoms with E-state index in [1.54, 1.807) is 11.6 Å². The lowest BCUT2D eigenvalue weighted by molar-refractivity contribution is 0.121. The second-order valence-corrected chi connectivity index (χ2v) is 9.31.